The summed E-state index contributed by atoms with van der Waals surface area (Å²) in [4.78, 5) is 29.7. The van der Waals surface area contributed by atoms with Gasteiger partial charge in [-0.05, 0) is 69.8 Å². The Morgan fingerprint density at radius 3 is 2.61 bits per heavy atom. The first kappa shape index (κ1) is 21.6. The summed E-state index contributed by atoms with van der Waals surface area (Å²) >= 11 is 8.12. The van der Waals surface area contributed by atoms with Crippen LogP contribution in [0.3, 0.4) is 0 Å². The number of aryl methyl sites for hydroxylation is 1. The van der Waals surface area contributed by atoms with Gasteiger partial charge in [0.25, 0.3) is 5.91 Å². The number of carbonyl (C=O) groups is 2. The van der Waals surface area contributed by atoms with Crippen LogP contribution in [0.5, 0.6) is 0 Å². The molecule has 0 radical (unpaired) electrons. The van der Waals surface area contributed by atoms with Crippen molar-refractivity contribution in [3.8, 4) is 10.6 Å². The summed E-state index contributed by atoms with van der Waals surface area (Å²) in [5.74, 6) is -0.567. The predicted molar refractivity (Wildman–Crippen MR) is 125 cm³/mol. The summed E-state index contributed by atoms with van der Waals surface area (Å²) in [6.45, 7) is 9.65. The van der Waals surface area contributed by atoms with Crippen molar-refractivity contribution in [1.82, 2.24) is 15.1 Å². The Kier molecular flexibility index (Phi) is 5.22. The van der Waals surface area contributed by atoms with Gasteiger partial charge in [-0.3, -0.25) is 19.2 Å². The van der Waals surface area contributed by atoms with Crippen molar-refractivity contribution in [1.29, 1.82) is 0 Å². The Balaban J connectivity index is 1.87. The molecule has 2 aromatic heterocycles. The Bertz CT molecular complexity index is 1160. The second kappa shape index (κ2) is 7.50. The van der Waals surface area contributed by atoms with E-state index in [1.54, 1.807) is 41.1 Å². The molecule has 1 N–H and O–H groups in total. The third kappa shape index (κ3) is 3.88. The van der Waals surface area contributed by atoms with Gasteiger partial charge in [0.2, 0.25) is 5.91 Å². The molecule has 1 atom stereocenters. The van der Waals surface area contributed by atoms with Gasteiger partial charge in [0.05, 0.1) is 22.1 Å². The number of rotatable bonds is 3. The average molecular weight is 457 g/mol. The molecule has 0 bridgehead atoms. The van der Waals surface area contributed by atoms with Gasteiger partial charge in [-0.1, -0.05) is 23.7 Å². The summed E-state index contributed by atoms with van der Waals surface area (Å²) in [5.41, 5.74) is 0.959. The minimum absolute atomic E-state index is 0.214. The number of nitrogens with zero attached hydrogens (tertiary/aromatic N) is 3. The van der Waals surface area contributed by atoms with Crippen LogP contribution in [0.15, 0.2) is 41.8 Å². The fourth-order valence-electron chi connectivity index (χ4n) is 3.77. The lowest BCUT2D eigenvalue weighted by molar-refractivity contribution is -0.128. The Labute approximate surface area is 190 Å². The lowest BCUT2D eigenvalue weighted by Crippen LogP contribution is -2.66. The standard InChI is InChI=1S/C23H25ClN4O2S/c1-14-8-9-17(15(24)11-14)28-20(29)18-12-16(19-7-6-10-31-19)26-27(18)13-23(28,5)21(30)25-22(2,3)4/h6-12H,13H2,1-5H3,(H,25,30)/t23-/m1/s1. The van der Waals surface area contributed by atoms with E-state index in [0.29, 0.717) is 22.1 Å². The number of hydrogen-bond acceptors (Lipinski definition) is 4. The SMILES string of the molecule is Cc1ccc(N2C(=O)c3cc(-c4cccs4)nn3C[C@]2(C)C(=O)NC(C)(C)C)c(Cl)c1. The molecule has 3 aromatic rings. The molecule has 0 saturated heterocycles. The van der Waals surface area contributed by atoms with Gasteiger partial charge in [0, 0.05) is 5.54 Å². The first-order chi connectivity index (χ1) is 14.5. The van der Waals surface area contributed by atoms with E-state index >= 15 is 0 Å². The fourth-order valence-corrected chi connectivity index (χ4v) is 4.77. The van der Waals surface area contributed by atoms with Crippen LogP contribution in [0.4, 0.5) is 5.69 Å². The third-order valence-corrected chi connectivity index (χ3v) is 6.44. The highest BCUT2D eigenvalue weighted by Crippen LogP contribution is 2.38. The molecule has 4 rings (SSSR count). The van der Waals surface area contributed by atoms with Crippen molar-refractivity contribution in [2.24, 2.45) is 0 Å². The van der Waals surface area contributed by atoms with Crippen LogP contribution in [0.25, 0.3) is 10.6 Å². The second-order valence-corrected chi connectivity index (χ2v) is 10.5. The average Bonchev–Trinajstić information content (AvgIpc) is 3.31. The zero-order chi connectivity index (χ0) is 22.6. The lowest BCUT2D eigenvalue weighted by Gasteiger charge is -2.44. The van der Waals surface area contributed by atoms with E-state index in [0.717, 1.165) is 10.4 Å². The van der Waals surface area contributed by atoms with Crippen LogP contribution >= 0.6 is 22.9 Å². The number of fused-ring (bicyclic) bond motifs is 1. The molecule has 162 valence electrons. The highest BCUT2D eigenvalue weighted by molar-refractivity contribution is 7.13. The van der Waals surface area contributed by atoms with Crippen molar-refractivity contribution < 1.29 is 9.59 Å². The van der Waals surface area contributed by atoms with Crippen molar-refractivity contribution in [3.63, 3.8) is 0 Å². The highest BCUT2D eigenvalue weighted by Gasteiger charge is 2.50. The van der Waals surface area contributed by atoms with E-state index in [-0.39, 0.29) is 18.4 Å². The van der Waals surface area contributed by atoms with Gasteiger partial charge in [0.15, 0.2) is 0 Å². The van der Waals surface area contributed by atoms with Crippen LogP contribution < -0.4 is 10.2 Å². The zero-order valence-corrected chi connectivity index (χ0v) is 19.8. The number of amides is 2. The number of aromatic nitrogens is 2. The molecule has 1 aliphatic rings. The minimum Gasteiger partial charge on any atom is -0.349 e. The second-order valence-electron chi connectivity index (χ2n) is 9.12. The normalized spacial score (nSPS) is 18.8. The van der Waals surface area contributed by atoms with Crippen LogP contribution in [-0.2, 0) is 11.3 Å². The number of anilines is 1. The molecule has 1 aliphatic heterocycles. The van der Waals surface area contributed by atoms with E-state index in [1.807, 2.05) is 51.3 Å². The molecule has 0 spiro atoms. The molecule has 0 aliphatic carbocycles. The number of carbonyl (C=O) groups excluding carboxylic acids is 2. The van der Waals surface area contributed by atoms with E-state index in [2.05, 4.69) is 10.4 Å². The summed E-state index contributed by atoms with van der Waals surface area (Å²) in [6.07, 6.45) is 0. The number of benzene rings is 1. The van der Waals surface area contributed by atoms with Gasteiger partial charge in [0.1, 0.15) is 16.9 Å². The molecule has 3 heterocycles. The van der Waals surface area contributed by atoms with E-state index in [4.69, 9.17) is 11.6 Å². The maximum Gasteiger partial charge on any atom is 0.277 e. The molecule has 0 unspecified atom stereocenters. The van der Waals surface area contributed by atoms with Gasteiger partial charge >= 0.3 is 0 Å². The van der Waals surface area contributed by atoms with Gasteiger partial charge in [-0.25, -0.2) is 0 Å². The minimum atomic E-state index is -1.21. The van der Waals surface area contributed by atoms with Crippen molar-refractivity contribution in [2.75, 3.05) is 4.90 Å². The summed E-state index contributed by atoms with van der Waals surface area (Å²) < 4.78 is 1.64. The molecular weight excluding hydrogens is 432 g/mol. The van der Waals surface area contributed by atoms with Crippen LogP contribution in [0, 0.1) is 6.92 Å². The first-order valence-electron chi connectivity index (χ1n) is 10.0. The van der Waals surface area contributed by atoms with Crippen LogP contribution in [-0.4, -0.2) is 32.7 Å². The van der Waals surface area contributed by atoms with Gasteiger partial charge < -0.3 is 5.32 Å². The topological polar surface area (TPSA) is 67.2 Å². The van der Waals surface area contributed by atoms with Crippen molar-refractivity contribution in [3.05, 3.63) is 58.1 Å². The third-order valence-electron chi connectivity index (χ3n) is 5.25. The number of halogens is 1. The molecule has 31 heavy (non-hydrogen) atoms. The molecule has 6 nitrogen and oxygen atoms in total. The quantitative estimate of drug-likeness (QED) is 0.609. The van der Waals surface area contributed by atoms with Crippen molar-refractivity contribution >= 4 is 40.4 Å². The molecule has 2 amide bonds. The number of thiophene rings is 1. The predicted octanol–water partition coefficient (Wildman–Crippen LogP) is 4.91. The molecule has 1 aromatic carbocycles. The lowest BCUT2D eigenvalue weighted by atomic mass is 9.92. The highest BCUT2D eigenvalue weighted by atomic mass is 35.5. The smallest absolute Gasteiger partial charge is 0.277 e. The van der Waals surface area contributed by atoms with Crippen molar-refractivity contribution in [2.45, 2.75) is 52.2 Å². The number of nitrogens with one attached hydrogen (secondary N) is 1. The maximum absolute atomic E-state index is 13.8. The zero-order valence-electron chi connectivity index (χ0n) is 18.2. The van der Waals surface area contributed by atoms with Crippen LogP contribution in [0.2, 0.25) is 5.02 Å². The Hall–Kier alpha value is -2.64. The number of hydrogen-bond donors (Lipinski definition) is 1. The Morgan fingerprint density at radius 2 is 2.00 bits per heavy atom. The monoisotopic (exact) mass is 456 g/mol. The van der Waals surface area contributed by atoms with E-state index in [9.17, 15) is 9.59 Å². The van der Waals surface area contributed by atoms with E-state index < -0.39 is 11.1 Å². The molecule has 8 heteroatoms. The largest absolute Gasteiger partial charge is 0.349 e. The summed E-state index contributed by atoms with van der Waals surface area (Å²) in [7, 11) is 0. The molecule has 0 fully saturated rings. The summed E-state index contributed by atoms with van der Waals surface area (Å²) in [6, 6.07) is 11.2. The first-order valence-corrected chi connectivity index (χ1v) is 11.3. The summed E-state index contributed by atoms with van der Waals surface area (Å²) in [5, 5.41) is 10.1. The van der Waals surface area contributed by atoms with Crippen LogP contribution in [0.1, 0.15) is 43.7 Å². The maximum atomic E-state index is 13.8. The Morgan fingerprint density at radius 1 is 1.26 bits per heavy atom. The van der Waals surface area contributed by atoms with Gasteiger partial charge in [-0.15, -0.1) is 11.3 Å². The fraction of sp³-hybridized carbons (Fsp3) is 0.348. The van der Waals surface area contributed by atoms with Gasteiger partial charge in [-0.2, -0.15) is 5.10 Å². The molecule has 0 saturated carbocycles. The molecular formula is C23H25ClN4O2S. The van der Waals surface area contributed by atoms with E-state index in [1.165, 1.54) is 4.90 Å².